The van der Waals surface area contributed by atoms with Crippen LogP contribution >= 0.6 is 0 Å². The molecule has 2 saturated carbocycles. The van der Waals surface area contributed by atoms with Crippen molar-refractivity contribution < 1.29 is 68.3 Å². The minimum absolute atomic E-state index is 0.0121. The number of carbonyl (C=O) groups is 3. The standard InChI is InChI=1S/C50H69N5O14/c1-29-40(58)42(60)43(61)49(64-29)69-44-35(55-27-34(52-53-55)31-16-8-4-9-17-31)25-33(36(57)20-12-21-51-2)26-37(44)66-50-46(68-48(63)32-18-10-5-11-19-32)45(41(59)39(28-56)67-50)65-38(47(62)54-22-13-23-54)24-30-14-6-3-7-15-30/h4-5,8-11,16-19,27,29-30,33,35,37-46,49-51,56,58-61H,3,6-7,12-15,20-26,28H2,1-2H3/t29?,33?,35?,37-,38+,39+,40-,41+,42+,43?,44-,45?,46?,49+,50-/m1/s1. The summed E-state index contributed by atoms with van der Waals surface area (Å²) in [5, 5.41) is 67.9. The number of ketones is 1. The van der Waals surface area contributed by atoms with E-state index in [9.17, 15) is 39.9 Å². The molecule has 378 valence electrons. The van der Waals surface area contributed by atoms with Crippen molar-refractivity contribution in [3.63, 3.8) is 0 Å². The molecular formula is C50H69N5O14. The van der Waals surface area contributed by atoms with Crippen LogP contribution < -0.4 is 5.32 Å². The number of aliphatic hydroxyl groups is 5. The van der Waals surface area contributed by atoms with E-state index in [0.29, 0.717) is 38.2 Å². The van der Waals surface area contributed by atoms with Crippen LogP contribution in [-0.2, 0) is 38.0 Å². The Labute approximate surface area is 402 Å². The van der Waals surface area contributed by atoms with Crippen LogP contribution in [0.4, 0.5) is 0 Å². The van der Waals surface area contributed by atoms with Crippen LogP contribution in [0.25, 0.3) is 11.3 Å². The minimum Gasteiger partial charge on any atom is -0.450 e. The van der Waals surface area contributed by atoms with Gasteiger partial charge in [-0.15, -0.1) is 5.10 Å². The normalized spacial score (nSPS) is 33.6. The highest BCUT2D eigenvalue weighted by atomic mass is 16.7. The highest BCUT2D eigenvalue weighted by Crippen LogP contribution is 2.42. The van der Waals surface area contributed by atoms with Gasteiger partial charge in [-0.3, -0.25) is 9.59 Å². The van der Waals surface area contributed by atoms with Crippen LogP contribution in [0.3, 0.4) is 0 Å². The molecule has 3 aliphatic heterocycles. The van der Waals surface area contributed by atoms with Gasteiger partial charge in [0.1, 0.15) is 60.3 Å². The fourth-order valence-corrected chi connectivity index (χ4v) is 10.4. The van der Waals surface area contributed by atoms with E-state index < -0.39 is 104 Å². The Hall–Kier alpha value is -4.25. The van der Waals surface area contributed by atoms with Gasteiger partial charge in [0.25, 0.3) is 5.91 Å². The van der Waals surface area contributed by atoms with Crippen molar-refractivity contribution in [2.24, 2.45) is 11.8 Å². The number of ether oxygens (including phenoxy) is 6. The summed E-state index contributed by atoms with van der Waals surface area (Å²) in [6.07, 6.45) is -9.44. The molecule has 0 bridgehead atoms. The maximum absolute atomic E-state index is 14.3. The number of carbonyl (C=O) groups excluding carboxylic acids is 3. The molecule has 0 radical (unpaired) electrons. The number of hydrogen-bond donors (Lipinski definition) is 6. The zero-order valence-corrected chi connectivity index (χ0v) is 39.4. The first-order chi connectivity index (χ1) is 33.4. The van der Waals surface area contributed by atoms with Crippen LogP contribution in [0.15, 0.2) is 66.9 Å². The van der Waals surface area contributed by atoms with Gasteiger partial charge < -0.3 is 64.2 Å². The van der Waals surface area contributed by atoms with Crippen molar-refractivity contribution in [2.45, 2.75) is 163 Å². The average molecular weight is 964 g/mol. The molecule has 3 saturated heterocycles. The molecular weight excluding hydrogens is 895 g/mol. The monoisotopic (exact) mass is 963 g/mol. The van der Waals surface area contributed by atoms with Crippen LogP contribution in [0.5, 0.6) is 0 Å². The van der Waals surface area contributed by atoms with Crippen LogP contribution in [0, 0.1) is 11.8 Å². The van der Waals surface area contributed by atoms with Crippen molar-refractivity contribution in [1.29, 1.82) is 0 Å². The Morgan fingerprint density at radius 3 is 2.23 bits per heavy atom. The van der Waals surface area contributed by atoms with Gasteiger partial charge >= 0.3 is 5.97 Å². The number of hydrogen-bond acceptors (Lipinski definition) is 17. The predicted octanol–water partition coefficient (Wildman–Crippen LogP) is 2.32. The first-order valence-corrected chi connectivity index (χ1v) is 24.7. The third-order valence-electron chi connectivity index (χ3n) is 14.5. The second-order valence-corrected chi connectivity index (χ2v) is 19.3. The van der Waals surface area contributed by atoms with Crippen molar-refractivity contribution in [2.75, 3.05) is 33.3 Å². The van der Waals surface area contributed by atoms with Gasteiger partial charge in [-0.05, 0) is 70.7 Å². The zero-order valence-electron chi connectivity index (χ0n) is 39.4. The number of benzene rings is 2. The summed E-state index contributed by atoms with van der Waals surface area (Å²) in [5.74, 6) is -1.60. The maximum atomic E-state index is 14.3. The third kappa shape index (κ3) is 12.1. The molecule has 19 nitrogen and oxygen atoms in total. The summed E-state index contributed by atoms with van der Waals surface area (Å²) in [6, 6.07) is 16.7. The molecule has 0 spiro atoms. The van der Waals surface area contributed by atoms with Gasteiger partial charge in [-0.2, -0.15) is 0 Å². The smallest absolute Gasteiger partial charge is 0.338 e. The maximum Gasteiger partial charge on any atom is 0.338 e. The van der Waals surface area contributed by atoms with E-state index in [4.69, 9.17) is 28.4 Å². The molecule has 6 unspecified atom stereocenters. The number of nitrogens with zero attached hydrogens (tertiary/aromatic N) is 4. The van der Waals surface area contributed by atoms with Crippen molar-refractivity contribution in [1.82, 2.24) is 25.2 Å². The SMILES string of the molecule is CNCCCC(=O)C1CC(n2cc(-c3ccccc3)nn2)[C@@H](O[C@@H]2OC(C)[C@@H](O)[C@H](O)C2O)[C@H](O[C@@H]2O[C@@H](CO)[C@H](O)C(O[C@@H](CC3CCCCC3)C(=O)N3CCC3)C2OC(=O)c2ccccc2)C1. The van der Waals surface area contributed by atoms with Crippen molar-refractivity contribution in [3.8, 4) is 11.3 Å². The quantitative estimate of drug-likeness (QED) is 0.0745. The van der Waals surface area contributed by atoms with Gasteiger partial charge in [-0.1, -0.05) is 85.8 Å². The predicted molar refractivity (Wildman–Crippen MR) is 246 cm³/mol. The van der Waals surface area contributed by atoms with E-state index >= 15 is 0 Å². The molecule has 1 amide bonds. The molecule has 69 heavy (non-hydrogen) atoms. The summed E-state index contributed by atoms with van der Waals surface area (Å²) < 4.78 is 40.6. The lowest BCUT2D eigenvalue weighted by Crippen LogP contribution is -2.64. The van der Waals surface area contributed by atoms with E-state index in [-0.39, 0.29) is 42.4 Å². The average Bonchev–Trinajstić information content (AvgIpc) is 3.85. The van der Waals surface area contributed by atoms with E-state index in [1.54, 1.807) is 53.2 Å². The Morgan fingerprint density at radius 1 is 0.826 bits per heavy atom. The first-order valence-electron chi connectivity index (χ1n) is 24.7. The zero-order chi connectivity index (χ0) is 48.6. The Morgan fingerprint density at radius 2 is 1.55 bits per heavy atom. The van der Waals surface area contributed by atoms with Gasteiger partial charge in [0.05, 0.1) is 36.6 Å². The molecule has 2 aromatic carbocycles. The van der Waals surface area contributed by atoms with E-state index in [1.807, 2.05) is 30.3 Å². The number of rotatable bonds is 19. The summed E-state index contributed by atoms with van der Waals surface area (Å²) in [5.41, 5.74) is 1.47. The highest BCUT2D eigenvalue weighted by molar-refractivity contribution is 5.89. The van der Waals surface area contributed by atoms with Gasteiger partial charge in [0.15, 0.2) is 18.7 Å². The lowest BCUT2D eigenvalue weighted by molar-refractivity contribution is -0.348. The van der Waals surface area contributed by atoms with Crippen LogP contribution in [0.2, 0.25) is 0 Å². The number of aliphatic hydroxyl groups excluding tert-OH is 5. The van der Waals surface area contributed by atoms with Crippen LogP contribution in [-0.4, -0.2) is 176 Å². The molecule has 2 aliphatic carbocycles. The highest BCUT2D eigenvalue weighted by Gasteiger charge is 2.55. The van der Waals surface area contributed by atoms with Gasteiger partial charge in [0.2, 0.25) is 0 Å². The number of likely N-dealkylation sites (tertiary alicyclic amines) is 1. The molecule has 5 aliphatic rings. The Balaban J connectivity index is 1.19. The number of amides is 1. The summed E-state index contributed by atoms with van der Waals surface area (Å²) >= 11 is 0. The molecule has 6 N–H and O–H groups in total. The van der Waals surface area contributed by atoms with E-state index in [2.05, 4.69) is 15.6 Å². The molecule has 5 fully saturated rings. The third-order valence-corrected chi connectivity index (χ3v) is 14.5. The Bertz CT molecular complexity index is 2110. The topological polar surface area (TPSA) is 254 Å². The number of aromatic nitrogens is 3. The van der Waals surface area contributed by atoms with E-state index in [0.717, 1.165) is 44.1 Å². The molecule has 1 aromatic heterocycles. The lowest BCUT2D eigenvalue weighted by Gasteiger charge is -2.49. The second-order valence-electron chi connectivity index (χ2n) is 19.3. The molecule has 15 atom stereocenters. The number of esters is 1. The molecule has 8 rings (SSSR count). The minimum atomic E-state index is -1.73. The molecule has 4 heterocycles. The van der Waals surface area contributed by atoms with Gasteiger partial charge in [0, 0.05) is 31.0 Å². The number of nitrogens with one attached hydrogen (secondary N) is 1. The van der Waals surface area contributed by atoms with Crippen molar-refractivity contribution >= 4 is 17.7 Å². The second kappa shape index (κ2) is 23.8. The fourth-order valence-electron chi connectivity index (χ4n) is 10.4. The van der Waals surface area contributed by atoms with Gasteiger partial charge in [-0.25, -0.2) is 9.48 Å². The first kappa shape index (κ1) is 51.1. The Kier molecular flexibility index (Phi) is 17.6. The van der Waals surface area contributed by atoms with Crippen molar-refractivity contribution in [3.05, 3.63) is 72.4 Å². The van der Waals surface area contributed by atoms with Crippen LogP contribution in [0.1, 0.15) is 94.0 Å². The summed E-state index contributed by atoms with van der Waals surface area (Å²) in [4.78, 5) is 44.4. The lowest BCUT2D eigenvalue weighted by atomic mass is 9.78. The summed E-state index contributed by atoms with van der Waals surface area (Å²) in [7, 11) is 1.80. The largest absolute Gasteiger partial charge is 0.450 e. The van der Waals surface area contributed by atoms with E-state index in [1.165, 1.54) is 6.92 Å². The molecule has 3 aromatic rings. The summed E-state index contributed by atoms with van der Waals surface area (Å²) in [6.45, 7) is 2.53. The molecule has 19 heteroatoms. The number of Topliss-reactive ketones (excluding diaryl/α,β-unsaturated/α-hetero) is 1. The fraction of sp³-hybridized carbons (Fsp3) is 0.660.